The summed E-state index contributed by atoms with van der Waals surface area (Å²) in [6, 6.07) is 1.36. The van der Waals surface area contributed by atoms with Crippen LogP contribution in [0.5, 0.6) is 0 Å². The largest absolute Gasteiger partial charge is 0.344 e. The topological polar surface area (TPSA) is 28.2 Å². The van der Waals surface area contributed by atoms with Crippen LogP contribution in [0.15, 0.2) is 0 Å². The van der Waals surface area contributed by atoms with E-state index in [-0.39, 0.29) is 5.41 Å². The molecular weight excluding hydrogens is 298 g/mol. The van der Waals surface area contributed by atoms with Gasteiger partial charge in [-0.25, -0.2) is 4.98 Å². The average Bonchev–Trinajstić information content (AvgIpc) is 3.14. The molecule has 21 heavy (non-hydrogen) atoms. The van der Waals surface area contributed by atoms with Crippen LogP contribution in [0.4, 0.5) is 5.13 Å². The summed E-state index contributed by atoms with van der Waals surface area (Å²) in [5.74, 6) is 2.45. The minimum atomic E-state index is 0.128. The van der Waals surface area contributed by atoms with Crippen molar-refractivity contribution in [3.05, 3.63) is 10.6 Å². The molecule has 2 heterocycles. The number of thiazole rings is 1. The third kappa shape index (κ3) is 3.74. The first-order chi connectivity index (χ1) is 9.95. The van der Waals surface area contributed by atoms with Crippen molar-refractivity contribution in [2.45, 2.75) is 64.6 Å². The lowest BCUT2D eigenvalue weighted by Gasteiger charge is -2.32. The van der Waals surface area contributed by atoms with Gasteiger partial charge in [-0.05, 0) is 19.8 Å². The van der Waals surface area contributed by atoms with E-state index >= 15 is 0 Å². The fourth-order valence-electron chi connectivity index (χ4n) is 2.70. The second kappa shape index (κ2) is 6.09. The number of thioether (sulfide) groups is 1. The minimum absolute atomic E-state index is 0.128. The predicted molar refractivity (Wildman–Crippen MR) is 94.8 cm³/mol. The Balaban J connectivity index is 1.83. The second-order valence-electron chi connectivity index (χ2n) is 7.29. The number of aromatic nitrogens is 1. The predicted octanol–water partition coefficient (Wildman–Crippen LogP) is 3.63. The summed E-state index contributed by atoms with van der Waals surface area (Å²) >= 11 is 3.97. The summed E-state index contributed by atoms with van der Waals surface area (Å²) in [6.07, 6.45) is 2.69. The molecule has 0 aromatic carbocycles. The summed E-state index contributed by atoms with van der Waals surface area (Å²) in [5, 5.41) is 4.90. The molecule has 0 amide bonds. The van der Waals surface area contributed by atoms with Crippen molar-refractivity contribution < 1.29 is 0 Å². The first-order valence-electron chi connectivity index (χ1n) is 8.03. The molecule has 1 unspecified atom stereocenters. The molecule has 1 saturated heterocycles. The smallest absolute Gasteiger partial charge is 0.186 e. The van der Waals surface area contributed by atoms with Crippen LogP contribution >= 0.6 is 23.1 Å². The highest BCUT2D eigenvalue weighted by molar-refractivity contribution is 7.99. The third-order valence-electron chi connectivity index (χ3n) is 4.14. The number of nitrogens with one attached hydrogen (secondary N) is 1. The zero-order valence-corrected chi connectivity index (χ0v) is 15.2. The first-order valence-corrected chi connectivity index (χ1v) is 10.00. The summed E-state index contributed by atoms with van der Waals surface area (Å²) in [7, 11) is 0. The SMILES string of the molecule is CC1CSCCN1c1nc(C(C)(C)C)c(CNC2CC2)s1. The van der Waals surface area contributed by atoms with Gasteiger partial charge in [-0.2, -0.15) is 11.8 Å². The highest BCUT2D eigenvalue weighted by Gasteiger charge is 2.29. The van der Waals surface area contributed by atoms with Crippen molar-refractivity contribution in [3.8, 4) is 0 Å². The van der Waals surface area contributed by atoms with Gasteiger partial charge in [-0.15, -0.1) is 11.3 Å². The number of rotatable bonds is 4. The van der Waals surface area contributed by atoms with Crippen LogP contribution in [0.1, 0.15) is 51.1 Å². The fraction of sp³-hybridized carbons (Fsp3) is 0.812. The lowest BCUT2D eigenvalue weighted by Crippen LogP contribution is -2.40. The zero-order chi connectivity index (χ0) is 15.0. The van der Waals surface area contributed by atoms with E-state index in [4.69, 9.17) is 4.98 Å². The molecule has 0 radical (unpaired) electrons. The number of anilines is 1. The summed E-state index contributed by atoms with van der Waals surface area (Å²) < 4.78 is 0. The van der Waals surface area contributed by atoms with Crippen molar-refractivity contribution in [1.29, 1.82) is 0 Å². The number of nitrogens with zero attached hydrogens (tertiary/aromatic N) is 2. The summed E-state index contributed by atoms with van der Waals surface area (Å²) in [5.41, 5.74) is 1.42. The van der Waals surface area contributed by atoms with Gasteiger partial charge in [0.25, 0.3) is 0 Å². The maximum absolute atomic E-state index is 5.05. The Kier molecular flexibility index (Phi) is 4.53. The van der Waals surface area contributed by atoms with Crippen LogP contribution in [0.2, 0.25) is 0 Å². The van der Waals surface area contributed by atoms with E-state index in [1.54, 1.807) is 0 Å². The molecule has 1 aliphatic carbocycles. The van der Waals surface area contributed by atoms with E-state index < -0.39 is 0 Å². The van der Waals surface area contributed by atoms with Crippen molar-refractivity contribution >= 4 is 28.2 Å². The quantitative estimate of drug-likeness (QED) is 0.915. The fourth-order valence-corrected chi connectivity index (χ4v) is 5.07. The van der Waals surface area contributed by atoms with Gasteiger partial charge >= 0.3 is 0 Å². The molecule has 0 spiro atoms. The van der Waals surface area contributed by atoms with Gasteiger partial charge in [0, 0.05) is 47.0 Å². The maximum Gasteiger partial charge on any atom is 0.186 e. The van der Waals surface area contributed by atoms with E-state index in [0.717, 1.165) is 19.1 Å². The molecule has 3 nitrogen and oxygen atoms in total. The molecule has 1 aromatic heterocycles. The normalized spacial score (nSPS) is 23.6. The van der Waals surface area contributed by atoms with Crippen LogP contribution in [-0.2, 0) is 12.0 Å². The maximum atomic E-state index is 5.05. The van der Waals surface area contributed by atoms with Gasteiger partial charge in [-0.3, -0.25) is 0 Å². The first kappa shape index (κ1) is 15.6. The Morgan fingerprint density at radius 2 is 2.10 bits per heavy atom. The lowest BCUT2D eigenvalue weighted by molar-refractivity contribution is 0.557. The highest BCUT2D eigenvalue weighted by atomic mass is 32.2. The van der Waals surface area contributed by atoms with Crippen molar-refractivity contribution in [1.82, 2.24) is 10.3 Å². The minimum Gasteiger partial charge on any atom is -0.344 e. The van der Waals surface area contributed by atoms with Crippen molar-refractivity contribution in [2.75, 3.05) is 23.0 Å². The molecule has 2 aliphatic rings. The molecule has 2 fully saturated rings. The van der Waals surface area contributed by atoms with E-state index in [9.17, 15) is 0 Å². The van der Waals surface area contributed by atoms with Crippen LogP contribution in [0.3, 0.4) is 0 Å². The molecule has 5 heteroatoms. The van der Waals surface area contributed by atoms with E-state index in [1.165, 1.54) is 40.0 Å². The van der Waals surface area contributed by atoms with Crippen molar-refractivity contribution in [3.63, 3.8) is 0 Å². The monoisotopic (exact) mass is 325 g/mol. The van der Waals surface area contributed by atoms with Crippen LogP contribution in [0, 0.1) is 0 Å². The van der Waals surface area contributed by atoms with Gasteiger partial charge in [0.05, 0.1) is 5.69 Å². The average molecular weight is 326 g/mol. The molecule has 3 rings (SSSR count). The molecule has 1 saturated carbocycles. The van der Waals surface area contributed by atoms with E-state index in [2.05, 4.69) is 49.7 Å². The van der Waals surface area contributed by atoms with Crippen molar-refractivity contribution in [2.24, 2.45) is 0 Å². The summed E-state index contributed by atoms with van der Waals surface area (Å²) in [4.78, 5) is 9.00. The lowest BCUT2D eigenvalue weighted by atomic mass is 9.91. The van der Waals surface area contributed by atoms with Gasteiger partial charge in [0.2, 0.25) is 0 Å². The summed E-state index contributed by atoms with van der Waals surface area (Å²) in [6.45, 7) is 11.3. The standard InChI is InChI=1S/C16H27N3S2/c1-11-10-20-8-7-19(11)15-18-14(16(2,3)4)13(21-15)9-17-12-5-6-12/h11-12,17H,5-10H2,1-4H3. The Morgan fingerprint density at radius 1 is 1.33 bits per heavy atom. The zero-order valence-electron chi connectivity index (χ0n) is 13.6. The molecule has 1 N–H and O–H groups in total. The second-order valence-corrected chi connectivity index (χ2v) is 9.50. The van der Waals surface area contributed by atoms with Gasteiger partial charge in [0.15, 0.2) is 5.13 Å². The molecule has 1 atom stereocenters. The third-order valence-corrected chi connectivity index (χ3v) is 6.42. The van der Waals surface area contributed by atoms with Gasteiger partial charge in [0.1, 0.15) is 0 Å². The Morgan fingerprint density at radius 3 is 2.71 bits per heavy atom. The van der Waals surface area contributed by atoms with E-state index in [0.29, 0.717) is 6.04 Å². The molecule has 0 bridgehead atoms. The van der Waals surface area contributed by atoms with Crippen LogP contribution < -0.4 is 10.2 Å². The van der Waals surface area contributed by atoms with Crippen LogP contribution in [0.25, 0.3) is 0 Å². The van der Waals surface area contributed by atoms with E-state index in [1.807, 2.05) is 11.3 Å². The molecule has 1 aromatic rings. The molecule has 118 valence electrons. The Hall–Kier alpha value is -0.260. The van der Waals surface area contributed by atoms with Gasteiger partial charge < -0.3 is 10.2 Å². The Labute approximate surface area is 136 Å². The molecule has 1 aliphatic heterocycles. The molecular formula is C16H27N3S2. The van der Waals surface area contributed by atoms with Gasteiger partial charge in [-0.1, -0.05) is 20.8 Å². The number of hydrogen-bond donors (Lipinski definition) is 1. The Bertz CT molecular complexity index is 488. The van der Waals surface area contributed by atoms with Crippen LogP contribution in [-0.4, -0.2) is 35.1 Å². The highest BCUT2D eigenvalue weighted by Crippen LogP contribution is 2.36. The number of hydrogen-bond acceptors (Lipinski definition) is 5.